The number of rotatable bonds is 10. The number of nitrogens with zero attached hydrogens (tertiary/aromatic N) is 2. The number of ketones is 1. The molecule has 0 aliphatic heterocycles. The molecule has 0 radical (unpaired) electrons. The van der Waals surface area contributed by atoms with Crippen molar-refractivity contribution in [2.45, 2.75) is 70.8 Å². The van der Waals surface area contributed by atoms with Crippen LogP contribution in [0.15, 0.2) is 41.3 Å². The average molecular weight is 528 g/mol. The van der Waals surface area contributed by atoms with Crippen LogP contribution in [-0.2, 0) is 31.8 Å². The van der Waals surface area contributed by atoms with Crippen molar-refractivity contribution >= 4 is 17.7 Å². The number of carbonyl (C=O) groups is 3. The minimum Gasteiger partial charge on any atom is -0.460 e. The monoisotopic (exact) mass is 527 g/mol. The van der Waals surface area contributed by atoms with Gasteiger partial charge in [0, 0.05) is 11.8 Å². The number of halogens is 4. The summed E-state index contributed by atoms with van der Waals surface area (Å²) in [5.74, 6) is -3.76. The molecule has 0 spiro atoms. The molecular formula is C25H29F4N3O5. The zero-order chi connectivity index (χ0) is 28.0. The molecule has 2 rings (SSSR count). The Labute approximate surface area is 211 Å². The molecule has 0 fully saturated rings. The molecule has 2 aromatic rings. The lowest BCUT2D eigenvalue weighted by molar-refractivity contribution is -0.156. The van der Waals surface area contributed by atoms with E-state index < -0.39 is 65.6 Å². The van der Waals surface area contributed by atoms with Crippen LogP contribution in [0.1, 0.15) is 63.1 Å². The molecule has 1 aromatic heterocycles. The average Bonchev–Trinajstić information content (AvgIpc) is 2.79. The summed E-state index contributed by atoms with van der Waals surface area (Å²) in [5.41, 5.74) is -2.32. The van der Waals surface area contributed by atoms with Gasteiger partial charge in [-0.25, -0.2) is 9.07 Å². The van der Waals surface area contributed by atoms with Crippen molar-refractivity contribution in [3.63, 3.8) is 0 Å². The lowest BCUT2D eigenvalue weighted by atomic mass is 9.96. The molecule has 1 heterocycles. The first kappa shape index (κ1) is 29.7. The maximum atomic E-state index is 13.1. The van der Waals surface area contributed by atoms with Gasteiger partial charge in [0.15, 0.2) is 5.78 Å². The Balaban J connectivity index is 2.28. The van der Waals surface area contributed by atoms with Crippen molar-refractivity contribution in [1.82, 2.24) is 15.1 Å². The second kappa shape index (κ2) is 12.1. The zero-order valence-corrected chi connectivity index (χ0v) is 20.9. The van der Waals surface area contributed by atoms with Crippen molar-refractivity contribution in [3.05, 3.63) is 63.6 Å². The first-order valence-corrected chi connectivity index (χ1v) is 11.5. The van der Waals surface area contributed by atoms with Crippen LogP contribution in [0.5, 0.6) is 0 Å². The van der Waals surface area contributed by atoms with Gasteiger partial charge in [-0.1, -0.05) is 19.1 Å². The number of nitrogens with one attached hydrogen (secondary N) is 1. The summed E-state index contributed by atoms with van der Waals surface area (Å²) in [6.07, 6.45) is -3.84. The van der Waals surface area contributed by atoms with Gasteiger partial charge in [-0.15, -0.1) is 0 Å². The van der Waals surface area contributed by atoms with E-state index >= 15 is 0 Å². The molecule has 37 heavy (non-hydrogen) atoms. The fraction of sp³-hybridized carbons (Fsp3) is 0.480. The molecule has 1 N–H and O–H groups in total. The Morgan fingerprint density at radius 3 is 2.38 bits per heavy atom. The van der Waals surface area contributed by atoms with E-state index in [1.165, 1.54) is 24.4 Å². The molecule has 202 valence electrons. The largest absolute Gasteiger partial charge is 0.460 e. The summed E-state index contributed by atoms with van der Waals surface area (Å²) in [6, 6.07) is 4.20. The first-order valence-electron chi connectivity index (χ1n) is 11.5. The third-order valence-electron chi connectivity index (χ3n) is 5.26. The fourth-order valence-corrected chi connectivity index (χ4v) is 3.57. The summed E-state index contributed by atoms with van der Waals surface area (Å²) in [6.45, 7) is 4.71. The number of amides is 1. The molecule has 2 atom stereocenters. The Bertz CT molecular complexity index is 1190. The van der Waals surface area contributed by atoms with Gasteiger partial charge in [-0.3, -0.25) is 19.2 Å². The van der Waals surface area contributed by atoms with Crippen molar-refractivity contribution < 1.29 is 36.7 Å². The number of carbonyl (C=O) groups excluding carboxylic acids is 3. The number of hydrogen-bond acceptors (Lipinski definition) is 6. The van der Waals surface area contributed by atoms with Gasteiger partial charge in [0.25, 0.3) is 5.56 Å². The minimum atomic E-state index is -4.56. The quantitative estimate of drug-likeness (QED) is 0.374. The molecule has 1 aromatic carbocycles. The molecule has 0 saturated carbocycles. The van der Waals surface area contributed by atoms with Crippen molar-refractivity contribution in [2.24, 2.45) is 0 Å². The van der Waals surface area contributed by atoms with Crippen molar-refractivity contribution in [3.8, 4) is 0 Å². The zero-order valence-electron chi connectivity index (χ0n) is 20.9. The van der Waals surface area contributed by atoms with Gasteiger partial charge in [-0.05, 0) is 51.0 Å². The van der Waals surface area contributed by atoms with Crippen LogP contribution in [-0.4, -0.2) is 45.8 Å². The first-order chi connectivity index (χ1) is 17.2. The molecule has 0 aliphatic rings. The van der Waals surface area contributed by atoms with Crippen LogP contribution in [0.25, 0.3) is 0 Å². The molecule has 0 saturated heterocycles. The van der Waals surface area contributed by atoms with E-state index in [4.69, 9.17) is 4.74 Å². The SMILES string of the molecule is CCC(C(=O)NC(CC(=O)OC(C)(C)C)C(=O)CF)c1ccnn(Cc2cccc(C(F)(F)F)c2)c1=O. The number of esters is 1. The van der Waals surface area contributed by atoms with Crippen molar-refractivity contribution in [1.29, 1.82) is 0 Å². The van der Waals surface area contributed by atoms with Gasteiger partial charge in [0.05, 0.1) is 24.4 Å². The maximum Gasteiger partial charge on any atom is 0.416 e. The van der Waals surface area contributed by atoms with Crippen molar-refractivity contribution in [2.75, 3.05) is 6.67 Å². The molecule has 1 amide bonds. The molecular weight excluding hydrogens is 498 g/mol. The maximum absolute atomic E-state index is 13.1. The summed E-state index contributed by atoms with van der Waals surface area (Å²) in [5, 5.41) is 6.24. The van der Waals surface area contributed by atoms with Gasteiger partial charge < -0.3 is 10.1 Å². The van der Waals surface area contributed by atoms with E-state index in [-0.39, 0.29) is 24.1 Å². The van der Waals surface area contributed by atoms with Gasteiger partial charge in [0.1, 0.15) is 18.3 Å². The molecule has 0 bridgehead atoms. The Morgan fingerprint density at radius 2 is 1.81 bits per heavy atom. The normalized spacial score (nSPS) is 13.5. The highest BCUT2D eigenvalue weighted by Crippen LogP contribution is 2.29. The fourth-order valence-electron chi connectivity index (χ4n) is 3.57. The Hall–Kier alpha value is -3.57. The summed E-state index contributed by atoms with van der Waals surface area (Å²) >= 11 is 0. The highest BCUT2D eigenvalue weighted by atomic mass is 19.4. The molecule has 2 unspecified atom stereocenters. The third kappa shape index (κ3) is 8.50. The van der Waals surface area contributed by atoms with E-state index in [2.05, 4.69) is 10.4 Å². The summed E-state index contributed by atoms with van der Waals surface area (Å²) in [7, 11) is 0. The number of aromatic nitrogens is 2. The lowest BCUT2D eigenvalue weighted by Crippen LogP contribution is -2.46. The second-order valence-corrected chi connectivity index (χ2v) is 9.36. The third-order valence-corrected chi connectivity index (χ3v) is 5.26. The highest BCUT2D eigenvalue weighted by molar-refractivity contribution is 5.94. The van der Waals surface area contributed by atoms with E-state index in [1.54, 1.807) is 27.7 Å². The molecule has 8 nitrogen and oxygen atoms in total. The standard InChI is InChI=1S/C25H29F4N3O5/c1-5-17(22(35)31-19(20(33)13-26)12-21(34)37-24(2,3)4)18-9-10-30-32(23(18)36)14-15-7-6-8-16(11-15)25(27,28)29/h6-11,17,19H,5,12-14H2,1-4H3,(H,31,35). The van der Waals surface area contributed by atoms with Gasteiger partial charge in [0.2, 0.25) is 5.91 Å². The van der Waals surface area contributed by atoms with E-state index in [0.29, 0.717) is 0 Å². The Morgan fingerprint density at radius 1 is 1.14 bits per heavy atom. The van der Waals surface area contributed by atoms with Gasteiger partial charge >= 0.3 is 12.1 Å². The number of alkyl halides is 4. The van der Waals surface area contributed by atoms with Crippen LogP contribution < -0.4 is 10.9 Å². The van der Waals surface area contributed by atoms with Crippen LogP contribution >= 0.6 is 0 Å². The molecule has 12 heteroatoms. The number of benzene rings is 1. The predicted molar refractivity (Wildman–Crippen MR) is 125 cm³/mol. The topological polar surface area (TPSA) is 107 Å². The van der Waals surface area contributed by atoms with E-state index in [9.17, 15) is 36.7 Å². The molecule has 0 aliphatic carbocycles. The smallest absolute Gasteiger partial charge is 0.416 e. The summed E-state index contributed by atoms with van der Waals surface area (Å²) < 4.78 is 58.3. The highest BCUT2D eigenvalue weighted by Gasteiger charge is 2.32. The van der Waals surface area contributed by atoms with Crippen LogP contribution in [0, 0.1) is 0 Å². The number of ether oxygens (including phenoxy) is 1. The predicted octanol–water partition coefficient (Wildman–Crippen LogP) is 3.56. The Kier molecular flexibility index (Phi) is 9.71. The summed E-state index contributed by atoms with van der Waals surface area (Å²) in [4.78, 5) is 50.3. The second-order valence-electron chi connectivity index (χ2n) is 9.36. The van der Waals surface area contributed by atoms with E-state index in [1.807, 2.05) is 0 Å². The van der Waals surface area contributed by atoms with Crippen LogP contribution in [0.3, 0.4) is 0 Å². The van der Waals surface area contributed by atoms with Gasteiger partial charge in [-0.2, -0.15) is 18.3 Å². The lowest BCUT2D eigenvalue weighted by Gasteiger charge is -2.23. The van der Waals surface area contributed by atoms with Crippen LogP contribution in [0.2, 0.25) is 0 Å². The van der Waals surface area contributed by atoms with Crippen LogP contribution in [0.4, 0.5) is 17.6 Å². The minimum absolute atomic E-state index is 0.0225. The number of hydrogen-bond donors (Lipinski definition) is 1. The van der Waals surface area contributed by atoms with E-state index in [0.717, 1.165) is 16.8 Å². The number of Topliss-reactive ketones (excluding diaryl/α,β-unsaturated/α-hetero) is 1.